The van der Waals surface area contributed by atoms with E-state index in [-0.39, 0.29) is 21.7 Å². The molecule has 18 heavy (non-hydrogen) atoms. The molecule has 1 aliphatic rings. The summed E-state index contributed by atoms with van der Waals surface area (Å²) in [5, 5.41) is 0. The number of carbonyl (C=O) groups is 1. The van der Waals surface area contributed by atoms with E-state index in [2.05, 4.69) is 0 Å². The molecule has 0 aromatic carbocycles. The van der Waals surface area contributed by atoms with Gasteiger partial charge in [-0.15, -0.1) is 11.3 Å². The van der Waals surface area contributed by atoms with Gasteiger partial charge in [-0.25, -0.2) is 8.42 Å². The van der Waals surface area contributed by atoms with E-state index in [1.807, 2.05) is 0 Å². The highest BCUT2D eigenvalue weighted by molar-refractivity contribution is 7.89. The van der Waals surface area contributed by atoms with Gasteiger partial charge in [0.15, 0.2) is 0 Å². The fraction of sp³-hybridized carbons (Fsp3) is 0.500. The molecule has 0 aliphatic carbocycles. The van der Waals surface area contributed by atoms with Gasteiger partial charge in [-0.3, -0.25) is 0 Å². The van der Waals surface area contributed by atoms with Crippen molar-refractivity contribution in [1.82, 2.24) is 4.31 Å². The highest BCUT2D eigenvalue weighted by atomic mass is 35.5. The summed E-state index contributed by atoms with van der Waals surface area (Å²) in [6, 6.07) is 1.36. The van der Waals surface area contributed by atoms with Gasteiger partial charge in [-0.2, -0.15) is 4.31 Å². The van der Waals surface area contributed by atoms with Gasteiger partial charge < -0.3 is 4.79 Å². The van der Waals surface area contributed by atoms with Crippen LogP contribution in [0.15, 0.2) is 11.0 Å². The summed E-state index contributed by atoms with van der Waals surface area (Å²) >= 11 is 12.7. The van der Waals surface area contributed by atoms with Crippen LogP contribution in [0.3, 0.4) is 0 Å². The lowest BCUT2D eigenvalue weighted by Crippen LogP contribution is -2.40. The second kappa shape index (κ2) is 5.46. The predicted octanol–water partition coefficient (Wildman–Crippen LogP) is 2.65. The lowest BCUT2D eigenvalue weighted by atomic mass is 10.0. The number of rotatable bonds is 3. The molecule has 2 rings (SSSR count). The van der Waals surface area contributed by atoms with Gasteiger partial charge >= 0.3 is 0 Å². The van der Waals surface area contributed by atoms with Crippen LogP contribution in [0.2, 0.25) is 8.67 Å². The Balaban J connectivity index is 2.31. The molecule has 1 unspecified atom stereocenters. The molecule has 0 radical (unpaired) electrons. The fourth-order valence-corrected chi connectivity index (χ4v) is 5.59. The highest BCUT2D eigenvalue weighted by Gasteiger charge is 2.32. The van der Waals surface area contributed by atoms with E-state index in [4.69, 9.17) is 23.2 Å². The van der Waals surface area contributed by atoms with Gasteiger partial charge in [0.05, 0.1) is 4.34 Å². The zero-order valence-corrected chi connectivity index (χ0v) is 12.4. The van der Waals surface area contributed by atoms with Gasteiger partial charge in [0.2, 0.25) is 10.0 Å². The smallest absolute Gasteiger partial charge is 0.245 e. The third-order valence-corrected chi connectivity index (χ3v) is 6.47. The average Bonchev–Trinajstić information content (AvgIpc) is 2.69. The Bertz CT molecular complexity index is 555. The summed E-state index contributed by atoms with van der Waals surface area (Å²) in [5.41, 5.74) is 0. The Hall–Kier alpha value is -0.140. The maximum atomic E-state index is 12.4. The van der Waals surface area contributed by atoms with Crippen molar-refractivity contribution in [2.24, 2.45) is 5.92 Å². The first kappa shape index (κ1) is 14.3. The van der Waals surface area contributed by atoms with Gasteiger partial charge in [0.1, 0.15) is 15.5 Å². The van der Waals surface area contributed by atoms with Crippen molar-refractivity contribution in [1.29, 1.82) is 0 Å². The predicted molar refractivity (Wildman–Crippen MR) is 71.9 cm³/mol. The minimum atomic E-state index is -3.65. The molecule has 0 bridgehead atoms. The molecule has 0 spiro atoms. The first-order valence-electron chi connectivity index (χ1n) is 5.35. The third-order valence-electron chi connectivity index (χ3n) is 2.86. The van der Waals surface area contributed by atoms with E-state index in [0.29, 0.717) is 17.3 Å². The summed E-state index contributed by atoms with van der Waals surface area (Å²) < 4.78 is 26.5. The minimum absolute atomic E-state index is 0.0331. The quantitative estimate of drug-likeness (QED) is 0.802. The van der Waals surface area contributed by atoms with Crippen LogP contribution in [0, 0.1) is 5.92 Å². The summed E-state index contributed by atoms with van der Waals surface area (Å²) in [5.74, 6) is -0.235. The molecule has 0 N–H and O–H groups in total. The third kappa shape index (κ3) is 2.72. The van der Waals surface area contributed by atoms with Crippen LogP contribution in [-0.2, 0) is 14.8 Å². The molecule has 1 aromatic heterocycles. The molecular formula is C10H11Cl2NO3S2. The second-order valence-corrected chi connectivity index (χ2v) is 8.28. The summed E-state index contributed by atoms with van der Waals surface area (Å²) in [6.07, 6.45) is 2.22. The number of piperidine rings is 1. The van der Waals surface area contributed by atoms with E-state index in [9.17, 15) is 13.2 Å². The van der Waals surface area contributed by atoms with Crippen molar-refractivity contribution in [2.75, 3.05) is 13.1 Å². The molecule has 2 heterocycles. The molecule has 1 aliphatic heterocycles. The van der Waals surface area contributed by atoms with Crippen molar-refractivity contribution >= 4 is 50.8 Å². The van der Waals surface area contributed by atoms with Crippen molar-refractivity contribution in [3.8, 4) is 0 Å². The van der Waals surface area contributed by atoms with Crippen LogP contribution >= 0.6 is 34.5 Å². The van der Waals surface area contributed by atoms with E-state index in [0.717, 1.165) is 24.0 Å². The van der Waals surface area contributed by atoms with Gasteiger partial charge in [-0.1, -0.05) is 23.2 Å². The SMILES string of the molecule is O=CC1CCCN(S(=O)(=O)c2cc(Cl)sc2Cl)C1. The van der Waals surface area contributed by atoms with Crippen LogP contribution < -0.4 is 0 Å². The van der Waals surface area contributed by atoms with Crippen LogP contribution in [0.4, 0.5) is 0 Å². The van der Waals surface area contributed by atoms with E-state index in [1.54, 1.807) is 0 Å². The van der Waals surface area contributed by atoms with Crippen LogP contribution in [0.1, 0.15) is 12.8 Å². The number of hydrogen-bond acceptors (Lipinski definition) is 4. The van der Waals surface area contributed by atoms with Gasteiger partial charge in [0, 0.05) is 19.0 Å². The molecule has 0 amide bonds. The molecule has 1 fully saturated rings. The summed E-state index contributed by atoms with van der Waals surface area (Å²) in [7, 11) is -3.65. The standard InChI is InChI=1S/C10H11Cl2NO3S2/c11-9-4-8(10(12)17-9)18(15,16)13-3-1-2-7(5-13)6-14/h4,6-7H,1-3,5H2. The Kier molecular flexibility index (Phi) is 4.33. The zero-order valence-electron chi connectivity index (χ0n) is 9.30. The number of sulfonamides is 1. The van der Waals surface area contributed by atoms with Gasteiger partial charge in [0.25, 0.3) is 0 Å². The number of nitrogens with zero attached hydrogens (tertiary/aromatic N) is 1. The fourth-order valence-electron chi connectivity index (χ4n) is 1.94. The second-order valence-electron chi connectivity index (χ2n) is 4.09. The molecule has 1 saturated heterocycles. The minimum Gasteiger partial charge on any atom is -0.303 e. The van der Waals surface area contributed by atoms with Crippen molar-refractivity contribution in [3.63, 3.8) is 0 Å². The first-order chi connectivity index (χ1) is 8.45. The number of carbonyl (C=O) groups excluding carboxylic acids is 1. The Morgan fingerprint density at radius 1 is 1.44 bits per heavy atom. The average molecular weight is 328 g/mol. The lowest BCUT2D eigenvalue weighted by molar-refractivity contribution is -0.112. The molecule has 4 nitrogen and oxygen atoms in total. The molecule has 1 aromatic rings. The first-order valence-corrected chi connectivity index (χ1v) is 8.36. The lowest BCUT2D eigenvalue weighted by Gasteiger charge is -2.29. The van der Waals surface area contributed by atoms with Crippen LogP contribution in [-0.4, -0.2) is 32.1 Å². The molecule has 0 saturated carbocycles. The topological polar surface area (TPSA) is 54.5 Å². The zero-order chi connectivity index (χ0) is 13.3. The van der Waals surface area contributed by atoms with Gasteiger partial charge in [-0.05, 0) is 18.9 Å². The largest absolute Gasteiger partial charge is 0.303 e. The Labute approximate surface area is 120 Å². The summed E-state index contributed by atoms with van der Waals surface area (Å²) in [4.78, 5) is 10.8. The molecule has 100 valence electrons. The number of halogens is 2. The van der Waals surface area contributed by atoms with Crippen molar-refractivity contribution in [3.05, 3.63) is 14.7 Å². The van der Waals surface area contributed by atoms with E-state index < -0.39 is 10.0 Å². The maximum Gasteiger partial charge on any atom is 0.245 e. The van der Waals surface area contributed by atoms with Crippen molar-refractivity contribution < 1.29 is 13.2 Å². The Morgan fingerprint density at radius 3 is 2.72 bits per heavy atom. The monoisotopic (exact) mass is 327 g/mol. The van der Waals surface area contributed by atoms with Crippen LogP contribution in [0.5, 0.6) is 0 Å². The van der Waals surface area contributed by atoms with Crippen molar-refractivity contribution in [2.45, 2.75) is 17.7 Å². The molecule has 8 heteroatoms. The van der Waals surface area contributed by atoms with E-state index in [1.165, 1.54) is 10.4 Å². The maximum absolute atomic E-state index is 12.4. The normalized spacial score (nSPS) is 22.0. The van der Waals surface area contributed by atoms with Crippen LogP contribution in [0.25, 0.3) is 0 Å². The number of thiophene rings is 1. The molecule has 1 atom stereocenters. The number of hydrogen-bond donors (Lipinski definition) is 0. The number of aldehydes is 1. The highest BCUT2D eigenvalue weighted by Crippen LogP contribution is 2.36. The van der Waals surface area contributed by atoms with E-state index >= 15 is 0 Å². The molecular weight excluding hydrogens is 317 g/mol. The Morgan fingerprint density at radius 2 is 2.17 bits per heavy atom. The summed E-state index contributed by atoms with van der Waals surface area (Å²) in [6.45, 7) is 0.631.